The largest absolute Gasteiger partial charge is 0.361 e. The number of sulfone groups is 1. The molecule has 1 N–H and O–H groups in total. The highest BCUT2D eigenvalue weighted by molar-refractivity contribution is 8.15. The van der Waals surface area contributed by atoms with Crippen LogP contribution in [0.4, 0.5) is 0 Å². The molecule has 1 amide bonds. The molecule has 2 aliphatic rings. The molecular weight excluding hydrogens is 360 g/mol. The van der Waals surface area contributed by atoms with E-state index in [0.717, 1.165) is 16.5 Å². The minimum absolute atomic E-state index is 0.0345. The van der Waals surface area contributed by atoms with E-state index in [1.807, 2.05) is 30.5 Å². The van der Waals surface area contributed by atoms with Crippen LogP contribution in [0.15, 0.2) is 40.6 Å². The molecular formula is C16H16N4O3S2. The summed E-state index contributed by atoms with van der Waals surface area (Å²) in [5, 5.41) is 7.42. The van der Waals surface area contributed by atoms with Crippen molar-refractivity contribution >= 4 is 49.8 Å². The number of hydrogen-bond donors (Lipinski definition) is 1. The van der Waals surface area contributed by atoms with Gasteiger partial charge in [0.2, 0.25) is 5.91 Å². The number of amides is 1. The van der Waals surface area contributed by atoms with Gasteiger partial charge < -0.3 is 4.98 Å². The molecule has 2 aliphatic heterocycles. The number of hydrazone groups is 1. The number of thioether (sulfide) groups is 1. The summed E-state index contributed by atoms with van der Waals surface area (Å²) in [6, 6.07) is 7.57. The molecule has 1 aromatic carbocycles. The van der Waals surface area contributed by atoms with Gasteiger partial charge in [0, 0.05) is 29.6 Å². The number of para-hydroxylation sites is 1. The molecule has 130 valence electrons. The highest BCUT2D eigenvalue weighted by Gasteiger charge is 2.49. The van der Waals surface area contributed by atoms with Crippen LogP contribution < -0.4 is 0 Å². The van der Waals surface area contributed by atoms with E-state index in [2.05, 4.69) is 15.1 Å². The number of H-pyrrole nitrogens is 1. The Morgan fingerprint density at radius 1 is 1.36 bits per heavy atom. The molecule has 9 heteroatoms. The Labute approximate surface area is 149 Å². The number of hydrogen-bond acceptors (Lipinski definition) is 5. The molecule has 7 nitrogen and oxygen atoms in total. The molecule has 0 saturated carbocycles. The third-order valence-electron chi connectivity index (χ3n) is 4.23. The first kappa shape index (κ1) is 16.3. The van der Waals surface area contributed by atoms with Crippen LogP contribution in [0.2, 0.25) is 0 Å². The predicted molar refractivity (Wildman–Crippen MR) is 99.7 cm³/mol. The SMILES string of the molecule is CC(=O)N=C1SC2CS(=O)(=O)CC2N1/N=C/c1c[nH]c2ccccc12. The van der Waals surface area contributed by atoms with Gasteiger partial charge in [-0.3, -0.25) is 4.79 Å². The minimum atomic E-state index is -3.08. The van der Waals surface area contributed by atoms with Gasteiger partial charge >= 0.3 is 0 Å². The van der Waals surface area contributed by atoms with E-state index in [-0.39, 0.29) is 28.7 Å². The number of fused-ring (bicyclic) bond motifs is 2. The number of aromatic nitrogens is 1. The van der Waals surface area contributed by atoms with Gasteiger partial charge in [0.15, 0.2) is 15.0 Å². The van der Waals surface area contributed by atoms with Crippen molar-refractivity contribution in [1.82, 2.24) is 9.99 Å². The van der Waals surface area contributed by atoms with Crippen LogP contribution in [0.25, 0.3) is 10.9 Å². The lowest BCUT2D eigenvalue weighted by Crippen LogP contribution is -2.33. The fourth-order valence-electron chi connectivity index (χ4n) is 3.14. The molecule has 2 fully saturated rings. The Bertz CT molecular complexity index is 1010. The van der Waals surface area contributed by atoms with Gasteiger partial charge in [0.1, 0.15) is 0 Å². The number of benzene rings is 1. The van der Waals surface area contributed by atoms with Crippen LogP contribution in [0, 0.1) is 0 Å². The van der Waals surface area contributed by atoms with Gasteiger partial charge in [-0.2, -0.15) is 10.1 Å². The fourth-order valence-corrected chi connectivity index (χ4v) is 7.02. The normalized spacial score (nSPS) is 26.8. The van der Waals surface area contributed by atoms with Crippen LogP contribution in [0.3, 0.4) is 0 Å². The molecule has 0 spiro atoms. The molecule has 2 atom stereocenters. The van der Waals surface area contributed by atoms with E-state index < -0.39 is 9.84 Å². The third-order valence-corrected chi connectivity index (χ3v) is 7.43. The fraction of sp³-hybridized carbons (Fsp3) is 0.312. The highest BCUT2D eigenvalue weighted by Crippen LogP contribution is 2.38. The first-order valence-electron chi connectivity index (χ1n) is 7.79. The Kier molecular flexibility index (Phi) is 3.92. The summed E-state index contributed by atoms with van der Waals surface area (Å²) < 4.78 is 23.8. The number of nitrogens with zero attached hydrogens (tertiary/aromatic N) is 3. The van der Waals surface area contributed by atoms with Gasteiger partial charge in [-0.25, -0.2) is 13.4 Å². The second-order valence-electron chi connectivity index (χ2n) is 6.09. The molecule has 0 radical (unpaired) electrons. The molecule has 4 rings (SSSR count). The molecule has 25 heavy (non-hydrogen) atoms. The molecule has 0 bridgehead atoms. The van der Waals surface area contributed by atoms with Crippen molar-refractivity contribution in [3.63, 3.8) is 0 Å². The zero-order valence-electron chi connectivity index (χ0n) is 13.4. The lowest BCUT2D eigenvalue weighted by Gasteiger charge is -2.17. The Hall–Kier alpha value is -2.13. The highest BCUT2D eigenvalue weighted by atomic mass is 32.2. The number of aromatic amines is 1. The van der Waals surface area contributed by atoms with Gasteiger partial charge in [-0.15, -0.1) is 0 Å². The van der Waals surface area contributed by atoms with Crippen molar-refractivity contribution < 1.29 is 13.2 Å². The number of carbonyl (C=O) groups excluding carboxylic acids is 1. The van der Waals surface area contributed by atoms with E-state index in [1.54, 1.807) is 11.2 Å². The zero-order valence-corrected chi connectivity index (χ0v) is 15.0. The zero-order chi connectivity index (χ0) is 17.6. The van der Waals surface area contributed by atoms with E-state index in [4.69, 9.17) is 0 Å². The van der Waals surface area contributed by atoms with Gasteiger partial charge in [0.25, 0.3) is 0 Å². The molecule has 1 aromatic heterocycles. The number of nitrogens with one attached hydrogen (secondary N) is 1. The number of rotatable bonds is 2. The average molecular weight is 376 g/mol. The van der Waals surface area contributed by atoms with Crippen LogP contribution in [0.1, 0.15) is 12.5 Å². The van der Waals surface area contributed by atoms with Crippen LogP contribution >= 0.6 is 11.8 Å². The summed E-state index contributed by atoms with van der Waals surface area (Å²) >= 11 is 1.32. The van der Waals surface area contributed by atoms with Crippen molar-refractivity contribution in [3.05, 3.63) is 36.0 Å². The van der Waals surface area contributed by atoms with E-state index in [0.29, 0.717) is 5.17 Å². The molecule has 2 saturated heterocycles. The smallest absolute Gasteiger partial charge is 0.245 e. The van der Waals surface area contributed by atoms with Crippen molar-refractivity contribution in [2.24, 2.45) is 10.1 Å². The summed E-state index contributed by atoms with van der Waals surface area (Å²) in [6.45, 7) is 1.37. The van der Waals surface area contributed by atoms with E-state index in [9.17, 15) is 13.2 Å². The predicted octanol–water partition coefficient (Wildman–Crippen LogP) is 1.62. The van der Waals surface area contributed by atoms with Crippen molar-refractivity contribution in [2.45, 2.75) is 18.2 Å². The van der Waals surface area contributed by atoms with E-state index >= 15 is 0 Å². The minimum Gasteiger partial charge on any atom is -0.361 e. The van der Waals surface area contributed by atoms with Gasteiger partial charge in [-0.05, 0) is 6.07 Å². The summed E-state index contributed by atoms with van der Waals surface area (Å²) in [4.78, 5) is 18.6. The van der Waals surface area contributed by atoms with Crippen LogP contribution in [-0.4, -0.2) is 58.5 Å². The molecule has 3 heterocycles. The molecule has 0 aliphatic carbocycles. The topological polar surface area (TPSA) is 95.0 Å². The summed E-state index contributed by atoms with van der Waals surface area (Å²) in [6.07, 6.45) is 3.53. The monoisotopic (exact) mass is 376 g/mol. The van der Waals surface area contributed by atoms with Crippen molar-refractivity contribution in [2.75, 3.05) is 11.5 Å². The number of amidine groups is 1. The second kappa shape index (κ2) is 5.99. The maximum absolute atomic E-state index is 11.9. The van der Waals surface area contributed by atoms with Gasteiger partial charge in [-0.1, -0.05) is 30.0 Å². The summed E-state index contributed by atoms with van der Waals surface area (Å²) in [7, 11) is -3.08. The standard InChI is InChI=1S/C16H16N4O3S2/c1-10(21)19-16-20(14-8-25(22,23)9-15(14)24-16)18-7-11-6-17-13-5-3-2-4-12(11)13/h2-7,14-15,17H,8-9H2,1H3/b18-7+,19-16?. The third kappa shape index (κ3) is 3.09. The first-order valence-corrected chi connectivity index (χ1v) is 10.5. The van der Waals surface area contributed by atoms with Crippen LogP contribution in [-0.2, 0) is 14.6 Å². The lowest BCUT2D eigenvalue weighted by atomic mass is 10.2. The maximum Gasteiger partial charge on any atom is 0.245 e. The average Bonchev–Trinajstić information content (AvgIpc) is 3.16. The van der Waals surface area contributed by atoms with Crippen molar-refractivity contribution in [1.29, 1.82) is 0 Å². The van der Waals surface area contributed by atoms with Crippen molar-refractivity contribution in [3.8, 4) is 0 Å². The second-order valence-corrected chi connectivity index (χ2v) is 9.45. The summed E-state index contributed by atoms with van der Waals surface area (Å²) in [5.74, 6) is -0.192. The van der Waals surface area contributed by atoms with Gasteiger partial charge in [0.05, 0.1) is 29.0 Å². The van der Waals surface area contributed by atoms with E-state index in [1.165, 1.54) is 18.7 Å². The summed E-state index contributed by atoms with van der Waals surface area (Å²) in [5.41, 5.74) is 1.89. The Balaban J connectivity index is 1.69. The Morgan fingerprint density at radius 2 is 2.16 bits per heavy atom. The quantitative estimate of drug-likeness (QED) is 0.804. The first-order chi connectivity index (χ1) is 11.9. The molecule has 2 aromatic rings. The number of carbonyl (C=O) groups is 1. The Morgan fingerprint density at radius 3 is 2.96 bits per heavy atom. The molecule has 2 unspecified atom stereocenters. The number of aliphatic imine (C=N–C) groups is 1. The maximum atomic E-state index is 11.9. The lowest BCUT2D eigenvalue weighted by molar-refractivity contribution is -0.115. The van der Waals surface area contributed by atoms with Crippen LogP contribution in [0.5, 0.6) is 0 Å².